The maximum Gasteiger partial charge on any atom is 0.191 e. The Balaban J connectivity index is 0.00000288. The Kier molecular flexibility index (Phi) is 9.24. The summed E-state index contributed by atoms with van der Waals surface area (Å²) in [7, 11) is 5.94. The minimum absolute atomic E-state index is 0. The average Bonchev–Trinajstić information content (AvgIpc) is 2.94. The number of nitrogens with zero attached hydrogens (tertiary/aromatic N) is 3. The zero-order chi connectivity index (χ0) is 16.7. The summed E-state index contributed by atoms with van der Waals surface area (Å²) in [6.07, 6.45) is 1.90. The first-order valence-electron chi connectivity index (χ1n) is 7.65. The smallest absolute Gasteiger partial charge is 0.191 e. The van der Waals surface area contributed by atoms with Crippen molar-refractivity contribution >= 4 is 41.3 Å². The number of guanidine groups is 1. The highest BCUT2D eigenvalue weighted by atomic mass is 127. The number of aryl methyl sites for hydroxylation is 1. The van der Waals surface area contributed by atoms with E-state index in [2.05, 4.69) is 70.8 Å². The number of aliphatic imine (C=N–C) groups is 1. The summed E-state index contributed by atoms with van der Waals surface area (Å²) < 4.78 is 0. The Morgan fingerprint density at radius 1 is 1.12 bits per heavy atom. The van der Waals surface area contributed by atoms with Crippen molar-refractivity contribution in [2.24, 2.45) is 4.99 Å². The quantitative estimate of drug-likeness (QED) is 0.396. The lowest BCUT2D eigenvalue weighted by molar-refractivity contribution is 0.402. The molecule has 1 heterocycles. The van der Waals surface area contributed by atoms with Crippen LogP contribution in [0.3, 0.4) is 0 Å². The first kappa shape index (κ1) is 20.9. The molecule has 0 spiro atoms. The number of hydrogen-bond acceptors (Lipinski definition) is 4. The molecule has 24 heavy (non-hydrogen) atoms. The molecule has 0 radical (unpaired) electrons. The summed E-state index contributed by atoms with van der Waals surface area (Å²) in [4.78, 5) is 12.0. The Morgan fingerprint density at radius 3 is 2.29 bits per heavy atom. The van der Waals surface area contributed by atoms with Gasteiger partial charge in [-0.25, -0.2) is 4.98 Å². The molecule has 0 aliphatic rings. The first-order chi connectivity index (χ1) is 11.1. The predicted molar refractivity (Wildman–Crippen MR) is 113 cm³/mol. The average molecular weight is 459 g/mol. The van der Waals surface area contributed by atoms with Gasteiger partial charge in [-0.05, 0) is 32.1 Å². The van der Waals surface area contributed by atoms with Crippen molar-refractivity contribution in [2.45, 2.75) is 26.6 Å². The molecule has 132 valence electrons. The van der Waals surface area contributed by atoms with E-state index in [9.17, 15) is 0 Å². The van der Waals surface area contributed by atoms with Crippen LogP contribution in [0, 0.1) is 6.92 Å². The third-order valence-corrected chi connectivity index (χ3v) is 4.19. The lowest BCUT2D eigenvalue weighted by atomic mass is 10.1. The lowest BCUT2D eigenvalue weighted by Gasteiger charge is -2.12. The minimum Gasteiger partial charge on any atom is -0.352 e. The van der Waals surface area contributed by atoms with Gasteiger partial charge in [0.15, 0.2) is 5.96 Å². The molecule has 0 saturated heterocycles. The van der Waals surface area contributed by atoms with E-state index in [1.165, 1.54) is 16.0 Å². The Morgan fingerprint density at radius 2 is 1.75 bits per heavy atom. The maximum atomic E-state index is 4.34. The molecule has 7 heteroatoms. The van der Waals surface area contributed by atoms with E-state index in [-0.39, 0.29) is 24.0 Å². The number of nitrogens with one attached hydrogen (secondary N) is 2. The molecule has 2 rings (SSSR count). The second-order valence-electron chi connectivity index (χ2n) is 5.70. The zero-order valence-electron chi connectivity index (χ0n) is 14.7. The van der Waals surface area contributed by atoms with Crippen LogP contribution < -0.4 is 10.6 Å². The van der Waals surface area contributed by atoms with Crippen LogP contribution in [0.1, 0.15) is 21.0 Å². The van der Waals surface area contributed by atoms with Gasteiger partial charge >= 0.3 is 0 Å². The highest BCUT2D eigenvalue weighted by molar-refractivity contribution is 14.0. The van der Waals surface area contributed by atoms with Crippen LogP contribution in [0.2, 0.25) is 0 Å². The van der Waals surface area contributed by atoms with E-state index in [0.717, 1.165) is 24.1 Å². The topological polar surface area (TPSA) is 52.6 Å². The van der Waals surface area contributed by atoms with E-state index < -0.39 is 0 Å². The number of aromatic nitrogens is 1. The summed E-state index contributed by atoms with van der Waals surface area (Å²) in [5.41, 5.74) is 2.56. The second-order valence-corrected chi connectivity index (χ2v) is 7.02. The molecule has 1 aromatic carbocycles. The van der Waals surface area contributed by atoms with Crippen molar-refractivity contribution < 1.29 is 0 Å². The fraction of sp³-hybridized carbons (Fsp3) is 0.412. The minimum atomic E-state index is 0. The fourth-order valence-electron chi connectivity index (χ4n) is 2.18. The van der Waals surface area contributed by atoms with E-state index in [1.54, 1.807) is 18.4 Å². The molecular formula is C17H26IN5S. The third-order valence-electron chi connectivity index (χ3n) is 3.28. The van der Waals surface area contributed by atoms with Gasteiger partial charge < -0.3 is 15.5 Å². The number of benzene rings is 1. The Bertz CT molecular complexity index is 637. The van der Waals surface area contributed by atoms with Gasteiger partial charge in [-0.15, -0.1) is 35.3 Å². The second kappa shape index (κ2) is 10.6. The van der Waals surface area contributed by atoms with Gasteiger partial charge in [0.2, 0.25) is 0 Å². The van der Waals surface area contributed by atoms with Crippen molar-refractivity contribution in [3.8, 4) is 0 Å². The van der Waals surface area contributed by atoms with Crippen LogP contribution in [0.5, 0.6) is 0 Å². The van der Waals surface area contributed by atoms with Gasteiger partial charge in [0.1, 0.15) is 5.01 Å². The molecule has 0 aliphatic heterocycles. The lowest BCUT2D eigenvalue weighted by Crippen LogP contribution is -2.36. The van der Waals surface area contributed by atoms with Crippen LogP contribution in [0.4, 0.5) is 0 Å². The van der Waals surface area contributed by atoms with Gasteiger partial charge in [0.25, 0.3) is 0 Å². The van der Waals surface area contributed by atoms with Crippen LogP contribution in [0.25, 0.3) is 0 Å². The van der Waals surface area contributed by atoms with Crippen molar-refractivity contribution in [1.82, 2.24) is 20.5 Å². The zero-order valence-corrected chi connectivity index (χ0v) is 17.8. The highest BCUT2D eigenvalue weighted by Crippen LogP contribution is 2.10. The number of thiazole rings is 1. The molecule has 2 aromatic rings. The molecule has 0 bridgehead atoms. The van der Waals surface area contributed by atoms with Crippen LogP contribution in [-0.4, -0.2) is 37.0 Å². The fourth-order valence-corrected chi connectivity index (χ4v) is 2.90. The molecule has 0 saturated carbocycles. The van der Waals surface area contributed by atoms with Crippen molar-refractivity contribution in [2.75, 3.05) is 21.1 Å². The molecular weight excluding hydrogens is 433 g/mol. The molecule has 1 aromatic heterocycles. The van der Waals surface area contributed by atoms with Gasteiger partial charge in [-0.3, -0.25) is 4.99 Å². The van der Waals surface area contributed by atoms with E-state index in [1.807, 2.05) is 6.20 Å². The van der Waals surface area contributed by atoms with Crippen molar-refractivity contribution in [1.29, 1.82) is 0 Å². The van der Waals surface area contributed by atoms with Gasteiger partial charge in [-0.1, -0.05) is 24.3 Å². The highest BCUT2D eigenvalue weighted by Gasteiger charge is 2.02. The molecule has 2 N–H and O–H groups in total. The number of rotatable bonds is 6. The van der Waals surface area contributed by atoms with Crippen LogP contribution in [-0.2, 0) is 19.6 Å². The molecule has 5 nitrogen and oxygen atoms in total. The number of hydrogen-bond donors (Lipinski definition) is 2. The van der Waals surface area contributed by atoms with Gasteiger partial charge in [0.05, 0.1) is 6.54 Å². The summed E-state index contributed by atoms with van der Waals surface area (Å²) in [5.74, 6) is 0.787. The SMILES string of the molecule is CN=C(NCc1ccc(CN(C)C)cc1)NCc1ncc(C)s1.I. The van der Waals surface area contributed by atoms with Crippen molar-refractivity contribution in [3.63, 3.8) is 0 Å². The summed E-state index contributed by atoms with van der Waals surface area (Å²) >= 11 is 1.70. The summed E-state index contributed by atoms with van der Waals surface area (Å²) in [6, 6.07) is 8.66. The summed E-state index contributed by atoms with van der Waals surface area (Å²) in [5, 5.41) is 7.68. The standard InChI is InChI=1S/C17H25N5S.HI/c1-13-9-19-16(23-13)11-21-17(18-2)20-10-14-5-7-15(8-6-14)12-22(3)4;/h5-9H,10-12H2,1-4H3,(H2,18,20,21);1H. The van der Waals surface area contributed by atoms with E-state index in [4.69, 9.17) is 0 Å². The largest absolute Gasteiger partial charge is 0.352 e. The van der Waals surface area contributed by atoms with Crippen LogP contribution in [0.15, 0.2) is 35.5 Å². The molecule has 0 aliphatic carbocycles. The van der Waals surface area contributed by atoms with Gasteiger partial charge in [-0.2, -0.15) is 0 Å². The Hall–Kier alpha value is -1.19. The van der Waals surface area contributed by atoms with E-state index in [0.29, 0.717) is 6.54 Å². The maximum absolute atomic E-state index is 4.34. The molecule has 0 amide bonds. The first-order valence-corrected chi connectivity index (χ1v) is 8.47. The monoisotopic (exact) mass is 459 g/mol. The molecule has 0 atom stereocenters. The number of halogens is 1. The van der Waals surface area contributed by atoms with E-state index >= 15 is 0 Å². The summed E-state index contributed by atoms with van der Waals surface area (Å²) in [6.45, 7) is 4.47. The Labute approximate surface area is 165 Å². The normalized spacial score (nSPS) is 11.3. The van der Waals surface area contributed by atoms with Gasteiger partial charge in [0, 0.05) is 31.2 Å². The van der Waals surface area contributed by atoms with Crippen LogP contribution >= 0.6 is 35.3 Å². The van der Waals surface area contributed by atoms with Crippen molar-refractivity contribution in [3.05, 3.63) is 51.5 Å². The molecule has 0 unspecified atom stereocenters. The molecule has 0 fully saturated rings. The third kappa shape index (κ3) is 7.14. The predicted octanol–water partition coefficient (Wildman–Crippen LogP) is 3.00.